The lowest BCUT2D eigenvalue weighted by Crippen LogP contribution is -2.78. The van der Waals surface area contributed by atoms with Crippen molar-refractivity contribution in [2.75, 3.05) is 7.11 Å². The third-order valence-electron chi connectivity index (χ3n) is 16.0. The van der Waals surface area contributed by atoms with Gasteiger partial charge in [-0.15, -0.1) is 0 Å². The highest BCUT2D eigenvalue weighted by atomic mass is 16.6. The number of rotatable bonds is 7. The Hall–Kier alpha value is -5.01. The summed E-state index contributed by atoms with van der Waals surface area (Å²) in [6.45, 7) is 17.9. The van der Waals surface area contributed by atoms with E-state index < -0.39 is 117 Å². The Labute approximate surface area is 350 Å². The normalized spacial score (nSPS) is 42.4. The zero-order valence-corrected chi connectivity index (χ0v) is 36.4. The van der Waals surface area contributed by atoms with Crippen LogP contribution in [0.25, 0.3) is 0 Å². The Morgan fingerprint density at radius 1 is 0.750 bits per heavy atom. The average molecular weight is 833 g/mol. The highest BCUT2D eigenvalue weighted by Crippen LogP contribution is 2.82. The van der Waals surface area contributed by atoms with Crippen molar-refractivity contribution in [1.29, 1.82) is 0 Å². The van der Waals surface area contributed by atoms with Crippen LogP contribution in [0.15, 0.2) is 53.3 Å². The summed E-state index contributed by atoms with van der Waals surface area (Å²) in [6, 6.07) is 8.30. The van der Waals surface area contributed by atoms with Gasteiger partial charge in [0.25, 0.3) is 0 Å². The van der Waals surface area contributed by atoms with Crippen LogP contribution in [0.1, 0.15) is 106 Å². The number of hydrogen-bond acceptors (Lipinski definition) is 14. The zero-order chi connectivity index (χ0) is 44.3. The van der Waals surface area contributed by atoms with Crippen molar-refractivity contribution in [1.82, 2.24) is 0 Å². The Bertz CT molecular complexity index is 2140. The summed E-state index contributed by atoms with van der Waals surface area (Å²) in [4.78, 5) is 96.3. The number of carbonyl (C=O) groups excluding carboxylic acids is 7. The summed E-state index contributed by atoms with van der Waals surface area (Å²) in [6.07, 6.45) is -4.25. The van der Waals surface area contributed by atoms with Crippen molar-refractivity contribution in [3.63, 3.8) is 0 Å². The molecule has 2 bridgehead atoms. The summed E-state index contributed by atoms with van der Waals surface area (Å²) in [5.74, 6) is -6.31. The molecule has 1 aromatic rings. The smallest absolute Gasteiger partial charge is 0.338 e. The Morgan fingerprint density at radius 3 is 1.88 bits per heavy atom. The SMILES string of the molecule is COC1=C(C)[C@@]2(C)C[C@@H](OC(C)=O)[C@H]3[C@@](C)([C@@H](OC(C)=O)[C@H](C)[C@@]34C(C)=C[C@H](OC(=O)c3ccccc3)[C@@]3(C)[C@@H](OC(C)=O)[C@@H](OC(C)=O)[C@]5(C)C[C@@]34OC5=O)[C@@H]2CC1=O. The number of benzene rings is 1. The van der Waals surface area contributed by atoms with Gasteiger partial charge in [0, 0.05) is 63.2 Å². The molecule has 1 saturated heterocycles. The Balaban J connectivity index is 1.61. The van der Waals surface area contributed by atoms with Crippen molar-refractivity contribution in [2.45, 2.75) is 132 Å². The average Bonchev–Trinajstić information content (AvgIpc) is 3.53. The maximum atomic E-state index is 15.0. The second kappa shape index (κ2) is 14.0. The van der Waals surface area contributed by atoms with Gasteiger partial charge in [0.15, 0.2) is 23.8 Å². The van der Waals surface area contributed by atoms with Gasteiger partial charge in [-0.05, 0) is 69.2 Å². The van der Waals surface area contributed by atoms with E-state index in [1.165, 1.54) is 34.8 Å². The van der Waals surface area contributed by atoms with Crippen LogP contribution < -0.4 is 0 Å². The second-order valence-electron chi connectivity index (χ2n) is 18.8. The first-order valence-corrected chi connectivity index (χ1v) is 20.6. The van der Waals surface area contributed by atoms with Crippen LogP contribution in [0.3, 0.4) is 0 Å². The van der Waals surface area contributed by atoms with Gasteiger partial charge in [-0.2, -0.15) is 0 Å². The summed E-state index contributed by atoms with van der Waals surface area (Å²) in [7, 11) is 1.44. The standard InChI is InChI=1S/C46H56O14/c1-22-18-33(59-39(52)29-16-14-13-15-17-29)44(11)38(58-28(7)50)37(57-27(6)49)42(9)21-45(44,60-40(42)53)46(22)24(3)36(56-26(5)48)43(10)32-19-30(51)34(54-12)23(2)41(32,8)20-31(35(43)46)55-25(4)47/h13-18,24,31-33,35-38H,19-21H2,1-12H3/t24-,31+,32+,33-,35-,36-,37+,38-,41+,42-,43-,44-,45+,46-/m0/s1. The fourth-order valence-electron chi connectivity index (χ4n) is 13.9. The molecule has 0 unspecified atom stereocenters. The van der Waals surface area contributed by atoms with E-state index in [0.29, 0.717) is 11.1 Å². The van der Waals surface area contributed by atoms with E-state index in [4.69, 9.17) is 33.2 Å². The molecule has 0 amide bonds. The molecule has 14 heteroatoms. The number of ketones is 1. The molecule has 0 radical (unpaired) electrons. The predicted octanol–water partition coefficient (Wildman–Crippen LogP) is 5.79. The van der Waals surface area contributed by atoms with Gasteiger partial charge >= 0.3 is 35.8 Å². The maximum Gasteiger partial charge on any atom is 0.338 e. The van der Waals surface area contributed by atoms with Crippen LogP contribution >= 0.6 is 0 Å². The number of Topliss-reactive ketones (excluding diaryl/α,β-unsaturated/α-hetero) is 1. The molecule has 0 N–H and O–H groups in total. The van der Waals surface area contributed by atoms with Crippen molar-refractivity contribution < 1.29 is 66.7 Å². The second-order valence-corrected chi connectivity index (χ2v) is 18.8. The van der Waals surface area contributed by atoms with Crippen molar-refractivity contribution in [3.8, 4) is 0 Å². The number of esters is 6. The minimum absolute atomic E-state index is 0.00378. The molecule has 1 aromatic carbocycles. The van der Waals surface area contributed by atoms with E-state index in [-0.39, 0.29) is 36.4 Å². The molecule has 60 heavy (non-hydrogen) atoms. The first kappa shape index (κ1) is 43.1. The molecule has 2 spiro atoms. The van der Waals surface area contributed by atoms with Crippen LogP contribution in [0, 0.1) is 44.8 Å². The fourth-order valence-corrected chi connectivity index (χ4v) is 13.9. The van der Waals surface area contributed by atoms with Gasteiger partial charge in [0.2, 0.25) is 0 Å². The molecule has 14 nitrogen and oxygen atoms in total. The minimum Gasteiger partial charge on any atom is -0.493 e. The molecule has 324 valence electrons. The fraction of sp³-hybridized carbons (Fsp3) is 0.630. The van der Waals surface area contributed by atoms with E-state index in [2.05, 4.69) is 0 Å². The third kappa shape index (κ3) is 5.39. The van der Waals surface area contributed by atoms with Crippen LogP contribution in [-0.4, -0.2) is 84.8 Å². The molecule has 5 aliphatic carbocycles. The van der Waals surface area contributed by atoms with Gasteiger partial charge in [0.1, 0.15) is 29.3 Å². The summed E-state index contributed by atoms with van der Waals surface area (Å²) < 4.78 is 44.3. The van der Waals surface area contributed by atoms with Gasteiger partial charge in [-0.25, -0.2) is 4.79 Å². The van der Waals surface area contributed by atoms with Crippen LogP contribution in [0.2, 0.25) is 0 Å². The van der Waals surface area contributed by atoms with E-state index in [1.54, 1.807) is 50.3 Å². The van der Waals surface area contributed by atoms with Gasteiger partial charge in [-0.1, -0.05) is 44.5 Å². The van der Waals surface area contributed by atoms with Crippen molar-refractivity contribution in [2.24, 2.45) is 44.8 Å². The summed E-state index contributed by atoms with van der Waals surface area (Å²) in [5, 5.41) is 0. The molecule has 7 rings (SSSR count). The van der Waals surface area contributed by atoms with Crippen LogP contribution in [0.4, 0.5) is 0 Å². The lowest BCUT2D eigenvalue weighted by atomic mass is 9.36. The lowest BCUT2D eigenvalue weighted by molar-refractivity contribution is -0.291. The number of methoxy groups -OCH3 is 1. The maximum absolute atomic E-state index is 15.0. The number of allylic oxidation sites excluding steroid dienone is 2. The lowest BCUT2D eigenvalue weighted by Gasteiger charge is -2.69. The summed E-state index contributed by atoms with van der Waals surface area (Å²) in [5.41, 5.74) is -7.18. The van der Waals surface area contributed by atoms with Gasteiger partial charge < -0.3 is 33.2 Å². The first-order chi connectivity index (χ1) is 27.9. The Kier molecular flexibility index (Phi) is 10.1. The molecule has 6 aliphatic rings. The largest absolute Gasteiger partial charge is 0.493 e. The van der Waals surface area contributed by atoms with Crippen LogP contribution in [0.5, 0.6) is 0 Å². The monoisotopic (exact) mass is 832 g/mol. The number of ether oxygens (including phenoxy) is 7. The van der Waals surface area contributed by atoms with Crippen LogP contribution in [-0.2, 0) is 61.9 Å². The number of carbonyl (C=O) groups is 7. The highest BCUT2D eigenvalue weighted by molar-refractivity contribution is 5.96. The molecule has 4 fully saturated rings. The molecule has 1 heterocycles. The zero-order valence-electron chi connectivity index (χ0n) is 36.4. The molecule has 3 saturated carbocycles. The first-order valence-electron chi connectivity index (χ1n) is 20.6. The Morgan fingerprint density at radius 2 is 1.32 bits per heavy atom. The number of hydrogen-bond donors (Lipinski definition) is 0. The van der Waals surface area contributed by atoms with E-state index in [0.717, 1.165) is 0 Å². The quantitative estimate of drug-likeness (QED) is 0.183. The van der Waals surface area contributed by atoms with Crippen molar-refractivity contribution >= 4 is 41.6 Å². The molecule has 14 atom stereocenters. The van der Waals surface area contributed by atoms with E-state index >= 15 is 0 Å². The number of fused-ring (bicyclic) bond motifs is 5. The van der Waals surface area contributed by atoms with E-state index in [9.17, 15) is 33.6 Å². The molecular weight excluding hydrogens is 776 g/mol. The summed E-state index contributed by atoms with van der Waals surface area (Å²) >= 11 is 0. The minimum atomic E-state index is -1.81. The molecular formula is C46H56O14. The van der Waals surface area contributed by atoms with Gasteiger partial charge in [0.05, 0.1) is 18.1 Å². The predicted molar refractivity (Wildman–Crippen MR) is 210 cm³/mol. The van der Waals surface area contributed by atoms with Gasteiger partial charge in [-0.3, -0.25) is 28.8 Å². The third-order valence-corrected chi connectivity index (χ3v) is 16.0. The van der Waals surface area contributed by atoms with E-state index in [1.807, 2.05) is 34.6 Å². The highest BCUT2D eigenvalue weighted by Gasteiger charge is 2.90. The van der Waals surface area contributed by atoms with Crippen molar-refractivity contribution in [3.05, 3.63) is 58.9 Å². The molecule has 1 aliphatic heterocycles. The topological polar surface area (TPSA) is 184 Å². The molecule has 0 aromatic heterocycles.